The standard InChI is InChI=1S/C18H17BrO5S/c1-22-16-7-4-11(8-14(16)19)15(20)10-24-18(21)13-6-5-12(25-3)9-17(13)23-2/h4-9H,10H2,1-3H3. The van der Waals surface area contributed by atoms with Crippen molar-refractivity contribution in [2.75, 3.05) is 27.1 Å². The first kappa shape index (κ1) is 19.3. The van der Waals surface area contributed by atoms with Crippen molar-refractivity contribution in [3.63, 3.8) is 0 Å². The van der Waals surface area contributed by atoms with Crippen LogP contribution in [-0.4, -0.2) is 38.8 Å². The van der Waals surface area contributed by atoms with E-state index in [4.69, 9.17) is 14.2 Å². The second-order valence-electron chi connectivity index (χ2n) is 4.91. The summed E-state index contributed by atoms with van der Waals surface area (Å²) in [4.78, 5) is 25.4. The molecule has 0 radical (unpaired) electrons. The molecule has 25 heavy (non-hydrogen) atoms. The first-order valence-electron chi connectivity index (χ1n) is 7.26. The van der Waals surface area contributed by atoms with Gasteiger partial charge in [0.25, 0.3) is 0 Å². The van der Waals surface area contributed by atoms with Gasteiger partial charge in [-0.2, -0.15) is 0 Å². The second kappa shape index (κ2) is 8.92. The predicted octanol–water partition coefficient (Wildman–Crippen LogP) is 4.23. The van der Waals surface area contributed by atoms with Crippen molar-refractivity contribution in [1.82, 2.24) is 0 Å². The third kappa shape index (κ3) is 4.76. The smallest absolute Gasteiger partial charge is 0.342 e. The molecule has 0 aliphatic rings. The van der Waals surface area contributed by atoms with E-state index in [1.807, 2.05) is 6.26 Å². The van der Waals surface area contributed by atoms with Crippen LogP contribution in [0.1, 0.15) is 20.7 Å². The highest BCUT2D eigenvalue weighted by atomic mass is 79.9. The molecule has 0 bridgehead atoms. The maximum absolute atomic E-state index is 12.2. The van der Waals surface area contributed by atoms with Crippen LogP contribution in [0.4, 0.5) is 0 Å². The zero-order valence-electron chi connectivity index (χ0n) is 14.0. The Morgan fingerprint density at radius 3 is 2.36 bits per heavy atom. The van der Waals surface area contributed by atoms with E-state index in [1.54, 1.807) is 43.5 Å². The molecule has 0 amide bonds. The average molecular weight is 425 g/mol. The van der Waals surface area contributed by atoms with Gasteiger partial charge in [-0.3, -0.25) is 4.79 Å². The van der Waals surface area contributed by atoms with E-state index >= 15 is 0 Å². The van der Waals surface area contributed by atoms with Crippen LogP contribution in [0.5, 0.6) is 11.5 Å². The predicted molar refractivity (Wildman–Crippen MR) is 100 cm³/mol. The molecular weight excluding hydrogens is 408 g/mol. The molecule has 0 heterocycles. The SMILES string of the molecule is COc1ccc(C(=O)COC(=O)c2ccc(SC)cc2OC)cc1Br. The van der Waals surface area contributed by atoms with Crippen molar-refractivity contribution in [3.8, 4) is 11.5 Å². The Bertz CT molecular complexity index is 791. The number of benzene rings is 2. The Labute approximate surface area is 158 Å². The number of hydrogen-bond donors (Lipinski definition) is 0. The number of rotatable bonds is 7. The number of hydrogen-bond acceptors (Lipinski definition) is 6. The van der Waals surface area contributed by atoms with Gasteiger partial charge in [0.05, 0.1) is 18.7 Å². The highest BCUT2D eigenvalue weighted by Gasteiger charge is 2.17. The fourth-order valence-electron chi connectivity index (χ4n) is 2.10. The quantitative estimate of drug-likeness (QED) is 0.376. The topological polar surface area (TPSA) is 61.8 Å². The maximum atomic E-state index is 12.2. The number of esters is 1. The summed E-state index contributed by atoms with van der Waals surface area (Å²) in [6.07, 6.45) is 1.93. The molecule has 132 valence electrons. The van der Waals surface area contributed by atoms with Gasteiger partial charge in [0.2, 0.25) is 0 Å². The fraction of sp³-hybridized carbons (Fsp3) is 0.222. The highest BCUT2D eigenvalue weighted by molar-refractivity contribution is 9.10. The molecule has 0 aliphatic heterocycles. The molecule has 0 atom stereocenters. The van der Waals surface area contributed by atoms with Crippen molar-refractivity contribution in [2.45, 2.75) is 4.90 Å². The third-order valence-corrected chi connectivity index (χ3v) is 4.78. The largest absolute Gasteiger partial charge is 0.496 e. The zero-order chi connectivity index (χ0) is 18.4. The lowest BCUT2D eigenvalue weighted by Crippen LogP contribution is -2.15. The van der Waals surface area contributed by atoms with E-state index in [0.717, 1.165) is 4.90 Å². The molecule has 0 saturated heterocycles. The van der Waals surface area contributed by atoms with Gasteiger partial charge in [-0.05, 0) is 58.6 Å². The summed E-state index contributed by atoms with van der Waals surface area (Å²) < 4.78 is 16.1. The monoisotopic (exact) mass is 424 g/mol. The molecular formula is C18H17BrO5S. The highest BCUT2D eigenvalue weighted by Crippen LogP contribution is 2.27. The van der Waals surface area contributed by atoms with Gasteiger partial charge >= 0.3 is 5.97 Å². The number of methoxy groups -OCH3 is 2. The Morgan fingerprint density at radius 2 is 1.76 bits per heavy atom. The maximum Gasteiger partial charge on any atom is 0.342 e. The molecule has 2 aromatic carbocycles. The lowest BCUT2D eigenvalue weighted by atomic mass is 10.1. The van der Waals surface area contributed by atoms with E-state index < -0.39 is 5.97 Å². The summed E-state index contributed by atoms with van der Waals surface area (Å²) in [5, 5.41) is 0. The van der Waals surface area contributed by atoms with Crippen molar-refractivity contribution >= 4 is 39.4 Å². The molecule has 0 aromatic heterocycles. The lowest BCUT2D eigenvalue weighted by molar-refractivity contribution is 0.0471. The van der Waals surface area contributed by atoms with E-state index in [-0.39, 0.29) is 18.0 Å². The Kier molecular flexibility index (Phi) is 6.90. The van der Waals surface area contributed by atoms with E-state index in [2.05, 4.69) is 15.9 Å². The summed E-state index contributed by atoms with van der Waals surface area (Å²) in [6, 6.07) is 10.1. The van der Waals surface area contributed by atoms with Crippen LogP contribution in [0.15, 0.2) is 45.8 Å². The normalized spacial score (nSPS) is 10.2. The van der Waals surface area contributed by atoms with Crippen molar-refractivity contribution in [2.24, 2.45) is 0 Å². The number of halogens is 1. The fourth-order valence-corrected chi connectivity index (χ4v) is 3.07. The summed E-state index contributed by atoms with van der Waals surface area (Å²) in [5.41, 5.74) is 0.703. The molecule has 0 spiro atoms. The first-order chi connectivity index (χ1) is 12.0. The molecule has 7 heteroatoms. The molecule has 2 aromatic rings. The van der Waals surface area contributed by atoms with E-state index in [9.17, 15) is 9.59 Å². The first-order valence-corrected chi connectivity index (χ1v) is 9.27. The molecule has 0 saturated carbocycles. The average Bonchev–Trinajstić information content (AvgIpc) is 2.65. The number of carbonyl (C=O) groups excluding carboxylic acids is 2. The van der Waals surface area contributed by atoms with E-state index in [1.165, 1.54) is 18.9 Å². The van der Waals surface area contributed by atoms with Crippen LogP contribution in [0.3, 0.4) is 0 Å². The summed E-state index contributed by atoms with van der Waals surface area (Å²) >= 11 is 4.86. The minimum absolute atomic E-state index is 0.281. The summed E-state index contributed by atoms with van der Waals surface area (Å²) in [6.45, 7) is -0.356. The Balaban J connectivity index is 2.07. The molecule has 0 aliphatic carbocycles. The van der Waals surface area contributed by atoms with Crippen LogP contribution in [0.2, 0.25) is 0 Å². The molecule has 0 N–H and O–H groups in total. The molecule has 2 rings (SSSR count). The van der Waals surface area contributed by atoms with E-state index in [0.29, 0.717) is 21.5 Å². The number of thioether (sulfide) groups is 1. The number of Topliss-reactive ketones (excluding diaryl/α,β-unsaturated/α-hetero) is 1. The second-order valence-corrected chi connectivity index (χ2v) is 6.65. The van der Waals surface area contributed by atoms with Crippen LogP contribution >= 0.6 is 27.7 Å². The number of ether oxygens (including phenoxy) is 3. The van der Waals surface area contributed by atoms with Crippen LogP contribution in [0, 0.1) is 0 Å². The van der Waals surface area contributed by atoms with Gasteiger partial charge in [0, 0.05) is 10.5 Å². The number of carbonyl (C=O) groups is 2. The zero-order valence-corrected chi connectivity index (χ0v) is 16.4. The lowest BCUT2D eigenvalue weighted by Gasteiger charge is -2.10. The minimum atomic E-state index is -0.606. The Hall–Kier alpha value is -1.99. The van der Waals surface area contributed by atoms with Gasteiger partial charge in [-0.15, -0.1) is 11.8 Å². The third-order valence-electron chi connectivity index (χ3n) is 3.44. The molecule has 0 fully saturated rings. The summed E-state index contributed by atoms with van der Waals surface area (Å²) in [7, 11) is 3.02. The van der Waals surface area contributed by atoms with Crippen LogP contribution in [0.25, 0.3) is 0 Å². The number of ketones is 1. The van der Waals surface area contributed by atoms with Crippen molar-refractivity contribution in [3.05, 3.63) is 52.0 Å². The van der Waals surface area contributed by atoms with Crippen molar-refractivity contribution in [1.29, 1.82) is 0 Å². The van der Waals surface area contributed by atoms with Crippen LogP contribution in [-0.2, 0) is 4.74 Å². The molecule has 5 nitrogen and oxygen atoms in total. The van der Waals surface area contributed by atoms with Gasteiger partial charge in [0.1, 0.15) is 17.1 Å². The minimum Gasteiger partial charge on any atom is -0.496 e. The molecule has 0 unspecified atom stereocenters. The Morgan fingerprint density at radius 1 is 1.04 bits per heavy atom. The summed E-state index contributed by atoms with van der Waals surface area (Å²) in [5.74, 6) is 0.116. The van der Waals surface area contributed by atoms with Gasteiger partial charge in [-0.1, -0.05) is 0 Å². The van der Waals surface area contributed by atoms with Gasteiger partial charge in [-0.25, -0.2) is 4.79 Å². The van der Waals surface area contributed by atoms with Crippen LogP contribution < -0.4 is 9.47 Å². The van der Waals surface area contributed by atoms with Crippen molar-refractivity contribution < 1.29 is 23.8 Å². The van der Waals surface area contributed by atoms with Gasteiger partial charge in [0.15, 0.2) is 12.4 Å². The van der Waals surface area contributed by atoms with Gasteiger partial charge < -0.3 is 14.2 Å².